The van der Waals surface area contributed by atoms with Crippen LogP contribution < -0.4 is 14.2 Å². The summed E-state index contributed by atoms with van der Waals surface area (Å²) in [4.78, 5) is 14.1. The van der Waals surface area contributed by atoms with Crippen LogP contribution in [0.2, 0.25) is 0 Å². The molecule has 160 valence electrons. The highest BCUT2D eigenvalue weighted by Gasteiger charge is 2.25. The predicted molar refractivity (Wildman–Crippen MR) is 109 cm³/mol. The number of morpholine rings is 1. The highest BCUT2D eigenvalue weighted by molar-refractivity contribution is 6.01. The molecule has 1 aliphatic carbocycles. The number of hydrogen-bond acceptors (Lipinski definition) is 6. The summed E-state index contributed by atoms with van der Waals surface area (Å²) in [7, 11) is 3.02. The summed E-state index contributed by atoms with van der Waals surface area (Å²) >= 11 is 0. The van der Waals surface area contributed by atoms with Crippen molar-refractivity contribution in [2.75, 3.05) is 40.5 Å². The van der Waals surface area contributed by atoms with Crippen molar-refractivity contribution in [1.29, 1.82) is 0 Å². The Bertz CT molecular complexity index is 932. The Morgan fingerprint density at radius 2 is 1.93 bits per heavy atom. The normalized spacial score (nSPS) is 18.9. The first kappa shape index (κ1) is 20.6. The quantitative estimate of drug-likeness (QED) is 0.692. The molecule has 2 aliphatic rings. The van der Waals surface area contributed by atoms with Crippen molar-refractivity contribution >= 4 is 5.78 Å². The second kappa shape index (κ2) is 9.02. The number of methoxy groups -OCH3 is 2. The van der Waals surface area contributed by atoms with Gasteiger partial charge in [0.25, 0.3) is 0 Å². The maximum absolute atomic E-state index is 14.5. The molecule has 6 nitrogen and oxygen atoms in total. The van der Waals surface area contributed by atoms with E-state index < -0.39 is 0 Å². The third-order valence-corrected chi connectivity index (χ3v) is 5.63. The Balaban J connectivity index is 1.38. The molecule has 2 aromatic carbocycles. The van der Waals surface area contributed by atoms with Crippen LogP contribution >= 0.6 is 0 Å². The van der Waals surface area contributed by atoms with Crippen molar-refractivity contribution in [3.05, 3.63) is 52.8 Å². The van der Waals surface area contributed by atoms with Crippen LogP contribution in [0.25, 0.3) is 0 Å². The van der Waals surface area contributed by atoms with Gasteiger partial charge in [-0.05, 0) is 18.6 Å². The summed E-state index contributed by atoms with van der Waals surface area (Å²) in [5.74, 6) is 1.49. The van der Waals surface area contributed by atoms with E-state index in [2.05, 4.69) is 4.90 Å². The third-order valence-electron chi connectivity index (χ3n) is 5.63. The molecular weight excluding hydrogens is 389 g/mol. The molecular formula is C23H26FNO5. The second-order valence-corrected chi connectivity index (χ2v) is 7.54. The van der Waals surface area contributed by atoms with E-state index in [-0.39, 0.29) is 17.7 Å². The smallest absolute Gasteiger partial charge is 0.163 e. The zero-order valence-corrected chi connectivity index (χ0v) is 17.3. The maximum atomic E-state index is 14.5. The van der Waals surface area contributed by atoms with Gasteiger partial charge in [-0.25, -0.2) is 4.39 Å². The van der Waals surface area contributed by atoms with Crippen LogP contribution in [-0.4, -0.2) is 57.3 Å². The molecule has 1 heterocycles. The monoisotopic (exact) mass is 415 g/mol. The molecule has 1 saturated heterocycles. The average Bonchev–Trinajstić information content (AvgIpc) is 3.15. The topological polar surface area (TPSA) is 57.2 Å². The second-order valence-electron chi connectivity index (χ2n) is 7.54. The zero-order valence-electron chi connectivity index (χ0n) is 17.3. The fourth-order valence-corrected chi connectivity index (χ4v) is 4.06. The standard InChI is InChI=1S/C23H26FNO5/c1-27-22-10-15(19(24)11-23(22)28-2)12-25-8-9-29-16(13-25)14-30-21-5-3-4-17-18(21)6-7-20(17)26/h3-5,10-11,16H,6-9,12-14H2,1-2H3. The van der Waals surface area contributed by atoms with Gasteiger partial charge in [-0.2, -0.15) is 0 Å². The summed E-state index contributed by atoms with van der Waals surface area (Å²) < 4.78 is 36.8. The van der Waals surface area contributed by atoms with Gasteiger partial charge in [-0.1, -0.05) is 12.1 Å². The van der Waals surface area contributed by atoms with Crippen LogP contribution in [0.4, 0.5) is 4.39 Å². The van der Waals surface area contributed by atoms with Crippen molar-refractivity contribution in [2.45, 2.75) is 25.5 Å². The molecule has 0 saturated carbocycles. The van der Waals surface area contributed by atoms with Gasteiger partial charge in [0.2, 0.25) is 0 Å². The van der Waals surface area contributed by atoms with Crippen LogP contribution in [0.3, 0.4) is 0 Å². The molecule has 1 fully saturated rings. The molecule has 30 heavy (non-hydrogen) atoms. The number of hydrogen-bond donors (Lipinski definition) is 0. The number of carbonyl (C=O) groups is 1. The Hall–Kier alpha value is -2.64. The fourth-order valence-electron chi connectivity index (χ4n) is 4.06. The van der Waals surface area contributed by atoms with Gasteiger partial charge in [0.1, 0.15) is 24.3 Å². The summed E-state index contributed by atoms with van der Waals surface area (Å²) in [6.45, 7) is 2.71. The van der Waals surface area contributed by atoms with Gasteiger partial charge in [0, 0.05) is 48.8 Å². The van der Waals surface area contributed by atoms with Crippen LogP contribution in [-0.2, 0) is 17.7 Å². The van der Waals surface area contributed by atoms with Gasteiger partial charge in [0.05, 0.1) is 20.8 Å². The van der Waals surface area contributed by atoms with Gasteiger partial charge >= 0.3 is 0 Å². The largest absolute Gasteiger partial charge is 0.493 e. The van der Waals surface area contributed by atoms with E-state index in [9.17, 15) is 9.18 Å². The summed E-state index contributed by atoms with van der Waals surface area (Å²) in [6.07, 6.45) is 1.14. The fraction of sp³-hybridized carbons (Fsp3) is 0.435. The van der Waals surface area contributed by atoms with E-state index in [1.807, 2.05) is 18.2 Å². The highest BCUT2D eigenvalue weighted by atomic mass is 19.1. The number of carbonyl (C=O) groups excluding carboxylic acids is 1. The number of halogens is 1. The van der Waals surface area contributed by atoms with E-state index >= 15 is 0 Å². The molecule has 2 aromatic rings. The third kappa shape index (κ3) is 4.27. The van der Waals surface area contributed by atoms with Crippen molar-refractivity contribution < 1.29 is 28.1 Å². The molecule has 1 aliphatic heterocycles. The summed E-state index contributed by atoms with van der Waals surface area (Å²) in [6, 6.07) is 8.64. The molecule has 0 N–H and O–H groups in total. The summed E-state index contributed by atoms with van der Waals surface area (Å²) in [5, 5.41) is 0. The van der Waals surface area contributed by atoms with E-state index in [1.165, 1.54) is 20.3 Å². The minimum absolute atomic E-state index is 0.130. The molecule has 1 atom stereocenters. The number of benzene rings is 2. The molecule has 0 radical (unpaired) electrons. The number of nitrogens with zero attached hydrogens (tertiary/aromatic N) is 1. The van der Waals surface area contributed by atoms with Crippen LogP contribution in [0, 0.1) is 5.82 Å². The Labute approximate surface area is 175 Å². The Morgan fingerprint density at radius 1 is 1.13 bits per heavy atom. The highest BCUT2D eigenvalue weighted by Crippen LogP contribution is 2.32. The lowest BCUT2D eigenvalue weighted by molar-refractivity contribution is -0.0507. The summed E-state index contributed by atoms with van der Waals surface area (Å²) in [5.41, 5.74) is 2.30. The molecule has 0 amide bonds. The number of fused-ring (bicyclic) bond motifs is 1. The van der Waals surface area contributed by atoms with Crippen LogP contribution in [0.15, 0.2) is 30.3 Å². The molecule has 0 spiro atoms. The number of ketones is 1. The molecule has 1 unspecified atom stereocenters. The SMILES string of the molecule is COc1cc(F)c(CN2CCOC(COc3cccc4c3CCC4=O)C2)cc1OC. The number of ether oxygens (including phenoxy) is 4. The first-order chi connectivity index (χ1) is 14.6. The number of Topliss-reactive ketones (excluding diaryl/α,β-unsaturated/α-hetero) is 1. The Morgan fingerprint density at radius 3 is 2.73 bits per heavy atom. The van der Waals surface area contributed by atoms with Crippen molar-refractivity contribution in [2.24, 2.45) is 0 Å². The first-order valence-corrected chi connectivity index (χ1v) is 10.1. The first-order valence-electron chi connectivity index (χ1n) is 10.1. The molecule has 7 heteroatoms. The van der Waals surface area contributed by atoms with E-state index in [4.69, 9.17) is 18.9 Å². The average molecular weight is 415 g/mol. The van der Waals surface area contributed by atoms with Crippen molar-refractivity contribution in [3.63, 3.8) is 0 Å². The number of rotatable bonds is 7. The van der Waals surface area contributed by atoms with Crippen LogP contribution in [0.5, 0.6) is 17.2 Å². The zero-order chi connectivity index (χ0) is 21.1. The minimum atomic E-state index is -0.323. The lowest BCUT2D eigenvalue weighted by atomic mass is 10.1. The van der Waals surface area contributed by atoms with E-state index in [0.717, 1.165) is 23.3 Å². The minimum Gasteiger partial charge on any atom is -0.493 e. The van der Waals surface area contributed by atoms with E-state index in [1.54, 1.807) is 6.07 Å². The molecule has 0 aromatic heterocycles. The maximum Gasteiger partial charge on any atom is 0.163 e. The van der Waals surface area contributed by atoms with Gasteiger partial charge < -0.3 is 18.9 Å². The Kier molecular flexibility index (Phi) is 6.20. The van der Waals surface area contributed by atoms with Crippen LogP contribution in [0.1, 0.15) is 27.9 Å². The van der Waals surface area contributed by atoms with Gasteiger partial charge in [0.15, 0.2) is 17.3 Å². The van der Waals surface area contributed by atoms with E-state index in [0.29, 0.717) is 56.3 Å². The molecule has 0 bridgehead atoms. The lowest BCUT2D eigenvalue weighted by Gasteiger charge is -2.33. The van der Waals surface area contributed by atoms with Gasteiger partial charge in [-0.15, -0.1) is 0 Å². The van der Waals surface area contributed by atoms with Gasteiger partial charge in [-0.3, -0.25) is 9.69 Å². The lowest BCUT2D eigenvalue weighted by Crippen LogP contribution is -2.44. The van der Waals surface area contributed by atoms with Crippen molar-refractivity contribution in [3.8, 4) is 17.2 Å². The predicted octanol–water partition coefficient (Wildman–Crippen LogP) is 3.25. The molecule has 4 rings (SSSR count). The van der Waals surface area contributed by atoms with Crippen molar-refractivity contribution in [1.82, 2.24) is 4.90 Å².